The summed E-state index contributed by atoms with van der Waals surface area (Å²) in [5, 5.41) is 11.6. The zero-order valence-corrected chi connectivity index (χ0v) is 17.5. The maximum absolute atomic E-state index is 14.5. The summed E-state index contributed by atoms with van der Waals surface area (Å²) in [6.45, 7) is 3.17. The number of nitrogens with zero attached hydrogens (tertiary/aromatic N) is 3. The molecule has 2 amide bonds. The van der Waals surface area contributed by atoms with Crippen LogP contribution in [0.4, 0.5) is 15.2 Å². The molecule has 0 spiro atoms. The summed E-state index contributed by atoms with van der Waals surface area (Å²) in [5.41, 5.74) is 3.01. The van der Waals surface area contributed by atoms with E-state index in [1.54, 1.807) is 16.1 Å². The molecule has 0 saturated carbocycles. The van der Waals surface area contributed by atoms with Crippen LogP contribution < -0.4 is 10.6 Å². The molecule has 0 aliphatic rings. The first-order chi connectivity index (χ1) is 14.9. The van der Waals surface area contributed by atoms with E-state index in [-0.39, 0.29) is 17.4 Å². The third-order valence-electron chi connectivity index (χ3n) is 4.55. The molecule has 2 aromatic heterocycles. The molecule has 0 aliphatic carbocycles. The second-order valence-corrected chi connectivity index (χ2v) is 7.62. The van der Waals surface area contributed by atoms with Crippen molar-refractivity contribution in [3.8, 4) is 16.9 Å². The van der Waals surface area contributed by atoms with E-state index in [4.69, 9.17) is 0 Å². The number of hydrogen-bond donors (Lipinski definition) is 2. The van der Waals surface area contributed by atoms with E-state index >= 15 is 0 Å². The van der Waals surface area contributed by atoms with Crippen LogP contribution in [0.5, 0.6) is 0 Å². The van der Waals surface area contributed by atoms with Gasteiger partial charge in [0.15, 0.2) is 5.13 Å². The van der Waals surface area contributed by atoms with Crippen LogP contribution in [0, 0.1) is 12.7 Å². The number of anilines is 2. The minimum atomic E-state index is -0.519. The van der Waals surface area contributed by atoms with E-state index in [0.717, 1.165) is 5.69 Å². The number of rotatable bonds is 5. The molecule has 2 N–H and O–H groups in total. The number of benzene rings is 2. The number of carbonyl (C=O) groups is 2. The Balaban J connectivity index is 1.52. The smallest absolute Gasteiger partial charge is 0.260 e. The van der Waals surface area contributed by atoms with Gasteiger partial charge in [-0.1, -0.05) is 18.2 Å². The number of carbonyl (C=O) groups excluding carboxylic acids is 2. The molecule has 0 fully saturated rings. The molecule has 156 valence electrons. The van der Waals surface area contributed by atoms with Crippen LogP contribution >= 0.6 is 11.3 Å². The monoisotopic (exact) mass is 435 g/mol. The van der Waals surface area contributed by atoms with E-state index in [2.05, 4.69) is 20.7 Å². The van der Waals surface area contributed by atoms with Crippen LogP contribution in [0.25, 0.3) is 16.9 Å². The van der Waals surface area contributed by atoms with Gasteiger partial charge in [0, 0.05) is 23.6 Å². The topological polar surface area (TPSA) is 88.9 Å². The summed E-state index contributed by atoms with van der Waals surface area (Å²) in [5.74, 6) is -1.15. The fourth-order valence-electron chi connectivity index (χ4n) is 3.09. The number of halogens is 1. The lowest BCUT2D eigenvalue weighted by Gasteiger charge is -2.05. The Morgan fingerprint density at radius 1 is 1.10 bits per heavy atom. The summed E-state index contributed by atoms with van der Waals surface area (Å²) in [7, 11) is 0. The first-order valence-corrected chi connectivity index (χ1v) is 10.2. The van der Waals surface area contributed by atoms with Gasteiger partial charge in [-0.15, -0.1) is 11.3 Å². The third kappa shape index (κ3) is 4.36. The molecule has 0 unspecified atom stereocenters. The SMILES string of the molecule is CC(=O)Nc1ccc(-c2csc(NC(=O)c3cnn(-c4ccccc4)c3C)n2)c(F)c1. The molecule has 0 radical (unpaired) electrons. The van der Waals surface area contributed by atoms with Crippen LogP contribution in [0.1, 0.15) is 23.0 Å². The van der Waals surface area contributed by atoms with Crippen molar-refractivity contribution in [1.29, 1.82) is 0 Å². The predicted octanol–water partition coefficient (Wildman–Crippen LogP) is 4.65. The lowest BCUT2D eigenvalue weighted by molar-refractivity contribution is -0.114. The van der Waals surface area contributed by atoms with E-state index < -0.39 is 5.82 Å². The van der Waals surface area contributed by atoms with Crippen molar-refractivity contribution in [3.63, 3.8) is 0 Å². The van der Waals surface area contributed by atoms with Gasteiger partial charge in [0.05, 0.1) is 28.8 Å². The highest BCUT2D eigenvalue weighted by Gasteiger charge is 2.17. The average Bonchev–Trinajstić information content (AvgIpc) is 3.35. The Morgan fingerprint density at radius 2 is 1.87 bits per heavy atom. The van der Waals surface area contributed by atoms with Crippen molar-refractivity contribution in [1.82, 2.24) is 14.8 Å². The highest BCUT2D eigenvalue weighted by Crippen LogP contribution is 2.29. The van der Waals surface area contributed by atoms with E-state index in [9.17, 15) is 14.0 Å². The molecule has 0 saturated heterocycles. The molecule has 0 aliphatic heterocycles. The van der Waals surface area contributed by atoms with Gasteiger partial charge in [0.25, 0.3) is 5.91 Å². The maximum Gasteiger partial charge on any atom is 0.260 e. The average molecular weight is 435 g/mol. The Morgan fingerprint density at radius 3 is 2.58 bits per heavy atom. The van der Waals surface area contributed by atoms with Gasteiger partial charge in [-0.05, 0) is 37.3 Å². The molecular weight excluding hydrogens is 417 g/mol. The molecule has 31 heavy (non-hydrogen) atoms. The van der Waals surface area contributed by atoms with Crippen molar-refractivity contribution in [3.05, 3.63) is 77.2 Å². The van der Waals surface area contributed by atoms with Gasteiger partial charge in [-0.3, -0.25) is 14.9 Å². The minimum absolute atomic E-state index is 0.277. The van der Waals surface area contributed by atoms with Gasteiger partial charge in [-0.25, -0.2) is 14.1 Å². The summed E-state index contributed by atoms with van der Waals surface area (Å²) in [4.78, 5) is 28.2. The largest absolute Gasteiger partial charge is 0.326 e. The summed E-state index contributed by atoms with van der Waals surface area (Å²) in [6, 6.07) is 13.9. The van der Waals surface area contributed by atoms with Crippen molar-refractivity contribution >= 4 is 34.0 Å². The van der Waals surface area contributed by atoms with Gasteiger partial charge in [0.1, 0.15) is 5.82 Å². The molecule has 2 heterocycles. The first-order valence-electron chi connectivity index (χ1n) is 9.37. The Kier molecular flexibility index (Phi) is 5.59. The maximum atomic E-state index is 14.5. The van der Waals surface area contributed by atoms with Gasteiger partial charge in [0.2, 0.25) is 5.91 Å². The molecule has 4 aromatic rings. The van der Waals surface area contributed by atoms with Crippen molar-refractivity contribution in [2.45, 2.75) is 13.8 Å². The lowest BCUT2D eigenvalue weighted by atomic mass is 10.1. The molecule has 7 nitrogen and oxygen atoms in total. The molecule has 2 aromatic carbocycles. The predicted molar refractivity (Wildman–Crippen MR) is 118 cm³/mol. The van der Waals surface area contributed by atoms with Gasteiger partial charge >= 0.3 is 0 Å². The lowest BCUT2D eigenvalue weighted by Crippen LogP contribution is -2.13. The first kappa shape index (κ1) is 20.4. The number of hydrogen-bond acceptors (Lipinski definition) is 5. The highest BCUT2D eigenvalue weighted by atomic mass is 32.1. The fraction of sp³-hybridized carbons (Fsp3) is 0.0909. The number of nitrogens with one attached hydrogen (secondary N) is 2. The highest BCUT2D eigenvalue weighted by molar-refractivity contribution is 7.14. The van der Waals surface area contributed by atoms with E-state index in [0.29, 0.717) is 27.8 Å². The van der Waals surface area contributed by atoms with Crippen molar-refractivity contribution in [2.75, 3.05) is 10.6 Å². The van der Waals surface area contributed by atoms with Gasteiger partial charge in [-0.2, -0.15) is 5.10 Å². The minimum Gasteiger partial charge on any atom is -0.326 e. The zero-order valence-electron chi connectivity index (χ0n) is 16.7. The van der Waals surface area contributed by atoms with E-state index in [1.165, 1.54) is 36.6 Å². The third-order valence-corrected chi connectivity index (χ3v) is 5.30. The van der Waals surface area contributed by atoms with Crippen molar-refractivity contribution in [2.24, 2.45) is 0 Å². The fourth-order valence-corrected chi connectivity index (χ4v) is 3.79. The number of aromatic nitrogens is 3. The summed E-state index contributed by atoms with van der Waals surface area (Å²) < 4.78 is 16.1. The van der Waals surface area contributed by atoms with Crippen LogP contribution in [0.2, 0.25) is 0 Å². The number of thiazole rings is 1. The number of para-hydroxylation sites is 1. The van der Waals surface area contributed by atoms with E-state index in [1.807, 2.05) is 37.3 Å². The quantitative estimate of drug-likeness (QED) is 0.477. The van der Waals surface area contributed by atoms with Crippen molar-refractivity contribution < 1.29 is 14.0 Å². The van der Waals surface area contributed by atoms with Crippen LogP contribution in [0.15, 0.2) is 60.1 Å². The molecule has 9 heteroatoms. The molecular formula is C22H18FN5O2S. The molecule has 0 atom stereocenters. The Bertz CT molecular complexity index is 1270. The van der Waals surface area contributed by atoms with Gasteiger partial charge < -0.3 is 5.32 Å². The summed E-state index contributed by atoms with van der Waals surface area (Å²) >= 11 is 1.19. The van der Waals surface area contributed by atoms with Crippen LogP contribution in [-0.2, 0) is 4.79 Å². The number of amides is 2. The normalized spacial score (nSPS) is 10.7. The zero-order chi connectivity index (χ0) is 22.0. The second kappa shape index (κ2) is 8.49. The summed E-state index contributed by atoms with van der Waals surface area (Å²) in [6.07, 6.45) is 1.51. The van der Waals surface area contributed by atoms with Crippen LogP contribution in [0.3, 0.4) is 0 Å². The second-order valence-electron chi connectivity index (χ2n) is 6.76. The molecule has 0 bridgehead atoms. The molecule has 4 rings (SSSR count). The van der Waals surface area contributed by atoms with Crippen LogP contribution in [-0.4, -0.2) is 26.6 Å². The Hall–Kier alpha value is -3.85. The standard InChI is InChI=1S/C22H18FN5O2S/c1-13-18(11-24-28(13)16-6-4-3-5-7-16)21(30)27-22-26-20(12-31-22)17-9-8-15(10-19(17)23)25-14(2)29/h3-12H,1-2H3,(H,25,29)(H,26,27,30). The Labute approximate surface area is 181 Å².